The molecule has 2 aromatic heterocycles. The molecule has 1 aliphatic heterocycles. The molecule has 1 atom stereocenters. The molecular formula is C21H23N3O3. The van der Waals surface area contributed by atoms with E-state index in [0.717, 1.165) is 54.6 Å². The van der Waals surface area contributed by atoms with Crippen molar-refractivity contribution in [2.24, 2.45) is 7.05 Å². The molecule has 0 saturated carbocycles. The van der Waals surface area contributed by atoms with Gasteiger partial charge in [0.15, 0.2) is 0 Å². The molecule has 0 spiro atoms. The fourth-order valence-electron chi connectivity index (χ4n) is 3.77. The second kappa shape index (κ2) is 7.12. The summed E-state index contributed by atoms with van der Waals surface area (Å²) >= 11 is 0. The van der Waals surface area contributed by atoms with Crippen molar-refractivity contribution >= 4 is 17.3 Å². The lowest BCUT2D eigenvalue weighted by atomic mass is 10.1. The van der Waals surface area contributed by atoms with Crippen molar-refractivity contribution in [1.82, 2.24) is 14.1 Å². The Kier molecular flexibility index (Phi) is 4.66. The van der Waals surface area contributed by atoms with E-state index in [1.54, 1.807) is 17.7 Å². The number of aryl methyl sites for hydroxylation is 2. The van der Waals surface area contributed by atoms with Gasteiger partial charge < -0.3 is 13.9 Å². The number of benzene rings is 1. The van der Waals surface area contributed by atoms with Crippen LogP contribution in [-0.2, 0) is 18.3 Å². The maximum atomic E-state index is 12.1. The van der Waals surface area contributed by atoms with Gasteiger partial charge in [0.25, 0.3) is 5.56 Å². The molecule has 6 nitrogen and oxygen atoms in total. The molecule has 6 heteroatoms. The number of aromatic nitrogens is 3. The van der Waals surface area contributed by atoms with Gasteiger partial charge in [0, 0.05) is 36.5 Å². The molecule has 0 radical (unpaired) electrons. The average Bonchev–Trinajstić information content (AvgIpc) is 3.04. The number of carbonyl (C=O) groups is 1. The summed E-state index contributed by atoms with van der Waals surface area (Å²) in [5.74, 6) is 0.793. The molecule has 3 aromatic rings. The van der Waals surface area contributed by atoms with Gasteiger partial charge in [-0.05, 0) is 50.5 Å². The average molecular weight is 365 g/mol. The van der Waals surface area contributed by atoms with Crippen LogP contribution < -0.4 is 5.56 Å². The number of imidazole rings is 1. The van der Waals surface area contributed by atoms with Crippen molar-refractivity contribution in [3.63, 3.8) is 0 Å². The number of rotatable bonds is 4. The molecule has 1 fully saturated rings. The number of carbonyl (C=O) groups excluding carboxylic acids is 1. The highest BCUT2D eigenvalue weighted by Gasteiger charge is 2.20. The number of ether oxygens (including phenoxy) is 1. The Morgan fingerprint density at radius 2 is 2.15 bits per heavy atom. The lowest BCUT2D eigenvalue weighted by Gasteiger charge is -2.24. The van der Waals surface area contributed by atoms with Crippen molar-refractivity contribution in [3.8, 4) is 11.4 Å². The lowest BCUT2D eigenvalue weighted by molar-refractivity contribution is 0.00686. The van der Waals surface area contributed by atoms with Crippen LogP contribution in [0.3, 0.4) is 0 Å². The van der Waals surface area contributed by atoms with Gasteiger partial charge in [-0.15, -0.1) is 0 Å². The van der Waals surface area contributed by atoms with Crippen LogP contribution in [0.4, 0.5) is 0 Å². The first-order valence-corrected chi connectivity index (χ1v) is 9.31. The zero-order chi connectivity index (χ0) is 19.0. The van der Waals surface area contributed by atoms with E-state index in [1.807, 2.05) is 31.3 Å². The maximum Gasteiger partial charge on any atom is 0.253 e. The van der Waals surface area contributed by atoms with Crippen LogP contribution in [0, 0.1) is 6.92 Å². The predicted molar refractivity (Wildman–Crippen MR) is 104 cm³/mol. The van der Waals surface area contributed by atoms with Crippen molar-refractivity contribution < 1.29 is 9.53 Å². The van der Waals surface area contributed by atoms with E-state index in [9.17, 15) is 9.59 Å². The highest BCUT2D eigenvalue weighted by atomic mass is 16.5. The second-order valence-corrected chi connectivity index (χ2v) is 7.23. The molecule has 0 amide bonds. The summed E-state index contributed by atoms with van der Waals surface area (Å²) in [6.07, 6.45) is 6.07. The Morgan fingerprint density at radius 3 is 2.85 bits per heavy atom. The molecule has 0 bridgehead atoms. The molecule has 4 rings (SSSR count). The van der Waals surface area contributed by atoms with Gasteiger partial charge in [0.2, 0.25) is 0 Å². The molecule has 3 heterocycles. The van der Waals surface area contributed by atoms with Crippen LogP contribution in [0.25, 0.3) is 22.4 Å². The van der Waals surface area contributed by atoms with E-state index in [0.29, 0.717) is 17.7 Å². The summed E-state index contributed by atoms with van der Waals surface area (Å²) in [6, 6.07) is 7.40. The minimum absolute atomic E-state index is 0.0136. The molecule has 27 heavy (non-hydrogen) atoms. The maximum absolute atomic E-state index is 12.1. The fraction of sp³-hybridized carbons (Fsp3) is 0.381. The monoisotopic (exact) mass is 365 g/mol. The molecule has 1 saturated heterocycles. The number of hydrogen-bond acceptors (Lipinski definition) is 4. The van der Waals surface area contributed by atoms with Gasteiger partial charge in [0.1, 0.15) is 12.1 Å². The third kappa shape index (κ3) is 3.32. The topological polar surface area (TPSA) is 66.1 Å². The summed E-state index contributed by atoms with van der Waals surface area (Å²) < 4.78 is 9.65. The Morgan fingerprint density at radius 1 is 1.30 bits per heavy atom. The van der Waals surface area contributed by atoms with E-state index in [-0.39, 0.29) is 11.7 Å². The molecule has 0 aliphatic carbocycles. The van der Waals surface area contributed by atoms with Crippen LogP contribution >= 0.6 is 0 Å². The highest BCUT2D eigenvalue weighted by molar-refractivity contribution is 5.87. The van der Waals surface area contributed by atoms with E-state index in [4.69, 9.17) is 9.72 Å². The SMILES string of the molecule is Cc1cc(-c2nc3ccc(C=O)cc3n2CC2CCCCO2)cn(C)c1=O. The van der Waals surface area contributed by atoms with E-state index < -0.39 is 0 Å². The number of pyridine rings is 1. The molecule has 140 valence electrons. The third-order valence-corrected chi connectivity index (χ3v) is 5.19. The van der Waals surface area contributed by atoms with Crippen molar-refractivity contribution in [2.75, 3.05) is 6.61 Å². The van der Waals surface area contributed by atoms with Crippen LogP contribution in [0.2, 0.25) is 0 Å². The number of aldehydes is 1. The molecule has 1 aliphatic rings. The Hall–Kier alpha value is -2.73. The predicted octanol–water partition coefficient (Wildman–Crippen LogP) is 3.09. The van der Waals surface area contributed by atoms with Gasteiger partial charge in [0.05, 0.1) is 23.7 Å². The minimum Gasteiger partial charge on any atom is -0.376 e. The van der Waals surface area contributed by atoms with Crippen molar-refractivity contribution in [3.05, 3.63) is 51.9 Å². The quantitative estimate of drug-likeness (QED) is 0.667. The summed E-state index contributed by atoms with van der Waals surface area (Å²) in [4.78, 5) is 28.2. The zero-order valence-electron chi connectivity index (χ0n) is 15.6. The minimum atomic E-state index is -0.0136. The van der Waals surface area contributed by atoms with Gasteiger partial charge in [-0.3, -0.25) is 9.59 Å². The number of fused-ring (bicyclic) bond motifs is 1. The normalized spacial score (nSPS) is 17.3. The molecule has 1 unspecified atom stereocenters. The largest absolute Gasteiger partial charge is 0.376 e. The van der Waals surface area contributed by atoms with E-state index in [2.05, 4.69) is 4.57 Å². The van der Waals surface area contributed by atoms with Crippen LogP contribution in [-0.4, -0.2) is 33.1 Å². The summed E-state index contributed by atoms with van der Waals surface area (Å²) in [5.41, 5.74) is 3.91. The molecule has 0 N–H and O–H groups in total. The van der Waals surface area contributed by atoms with Crippen molar-refractivity contribution in [2.45, 2.75) is 38.8 Å². The molecule has 1 aromatic carbocycles. The summed E-state index contributed by atoms with van der Waals surface area (Å²) in [6.45, 7) is 3.27. The summed E-state index contributed by atoms with van der Waals surface area (Å²) in [7, 11) is 1.75. The first-order chi connectivity index (χ1) is 13.1. The highest BCUT2D eigenvalue weighted by Crippen LogP contribution is 2.27. The fourth-order valence-corrected chi connectivity index (χ4v) is 3.77. The summed E-state index contributed by atoms with van der Waals surface area (Å²) in [5, 5.41) is 0. The first-order valence-electron chi connectivity index (χ1n) is 9.31. The van der Waals surface area contributed by atoms with E-state index >= 15 is 0 Å². The standard InChI is InChI=1S/C21H23N3O3/c1-14-9-16(11-23(2)21(14)26)20-22-18-7-6-15(13-25)10-19(18)24(20)12-17-5-3-4-8-27-17/h6-7,9-11,13,17H,3-5,8,12H2,1-2H3. The van der Waals surface area contributed by atoms with E-state index in [1.165, 1.54) is 0 Å². The van der Waals surface area contributed by atoms with Crippen LogP contribution in [0.5, 0.6) is 0 Å². The van der Waals surface area contributed by atoms with Crippen LogP contribution in [0.15, 0.2) is 35.3 Å². The number of hydrogen-bond donors (Lipinski definition) is 0. The smallest absolute Gasteiger partial charge is 0.253 e. The molecular weight excluding hydrogens is 342 g/mol. The second-order valence-electron chi connectivity index (χ2n) is 7.23. The first kappa shape index (κ1) is 17.7. The van der Waals surface area contributed by atoms with Gasteiger partial charge in [-0.1, -0.05) is 0 Å². The Balaban J connectivity index is 1.89. The van der Waals surface area contributed by atoms with Crippen LogP contribution in [0.1, 0.15) is 35.2 Å². The van der Waals surface area contributed by atoms with Gasteiger partial charge >= 0.3 is 0 Å². The number of nitrogens with zero attached hydrogens (tertiary/aromatic N) is 3. The third-order valence-electron chi connectivity index (χ3n) is 5.19. The Bertz CT molecular complexity index is 1030. The van der Waals surface area contributed by atoms with Gasteiger partial charge in [-0.25, -0.2) is 4.98 Å². The zero-order valence-corrected chi connectivity index (χ0v) is 15.6. The lowest BCUT2D eigenvalue weighted by Crippen LogP contribution is -2.25. The van der Waals surface area contributed by atoms with Gasteiger partial charge in [-0.2, -0.15) is 0 Å². The Labute approximate surface area is 157 Å². The van der Waals surface area contributed by atoms with Crippen molar-refractivity contribution in [1.29, 1.82) is 0 Å².